The lowest BCUT2D eigenvalue weighted by Gasteiger charge is -2.25. The number of fused-ring (bicyclic) bond motifs is 2. The molecule has 1 atom stereocenters. The van der Waals surface area contributed by atoms with Gasteiger partial charge in [-0.05, 0) is 38.5 Å². The molecule has 4 aromatic rings. The van der Waals surface area contributed by atoms with E-state index in [1.165, 1.54) is 6.33 Å². The third-order valence-electron chi connectivity index (χ3n) is 5.14. The van der Waals surface area contributed by atoms with Crippen LogP contribution in [0, 0.1) is 6.92 Å². The normalized spacial score (nSPS) is 16.0. The van der Waals surface area contributed by atoms with Crippen molar-refractivity contribution in [2.24, 2.45) is 0 Å². The molecular formula is C21H21N7O2. The van der Waals surface area contributed by atoms with Gasteiger partial charge in [0.2, 0.25) is 5.91 Å². The fourth-order valence-corrected chi connectivity index (χ4v) is 3.97. The minimum Gasteiger partial charge on any atom is -0.491 e. The molecule has 1 aliphatic heterocycles. The Hall–Kier alpha value is -3.75. The summed E-state index contributed by atoms with van der Waals surface area (Å²) in [6, 6.07) is 7.91. The molecule has 1 aromatic carbocycles. The van der Waals surface area contributed by atoms with Gasteiger partial charge in [0.1, 0.15) is 23.4 Å². The van der Waals surface area contributed by atoms with Gasteiger partial charge in [-0.1, -0.05) is 12.1 Å². The Morgan fingerprint density at radius 3 is 2.93 bits per heavy atom. The van der Waals surface area contributed by atoms with E-state index in [0.717, 1.165) is 22.6 Å². The summed E-state index contributed by atoms with van der Waals surface area (Å²) in [4.78, 5) is 28.4. The first kappa shape index (κ1) is 18.3. The number of nitrogens with one attached hydrogen (secondary N) is 2. The Labute approximate surface area is 172 Å². The molecule has 0 saturated heterocycles. The maximum Gasteiger partial charge on any atom is 0.226 e. The zero-order chi connectivity index (χ0) is 20.8. The average molecular weight is 403 g/mol. The second kappa shape index (κ2) is 6.94. The Morgan fingerprint density at radius 2 is 2.10 bits per heavy atom. The first-order valence-corrected chi connectivity index (χ1v) is 9.81. The van der Waals surface area contributed by atoms with Gasteiger partial charge in [-0.25, -0.2) is 15.0 Å². The topological polar surface area (TPSA) is 111 Å². The number of aromatic amines is 1. The van der Waals surface area contributed by atoms with Crippen LogP contribution in [0.5, 0.6) is 5.75 Å². The van der Waals surface area contributed by atoms with Crippen LogP contribution in [0.2, 0.25) is 0 Å². The Kier molecular flexibility index (Phi) is 4.23. The molecular weight excluding hydrogens is 382 g/mol. The molecule has 0 bridgehead atoms. The molecule has 152 valence electrons. The summed E-state index contributed by atoms with van der Waals surface area (Å²) in [5.41, 5.74) is 4.02. The highest BCUT2D eigenvalue weighted by Crippen LogP contribution is 2.41. The molecule has 0 spiro atoms. The first-order chi connectivity index (χ1) is 14.5. The lowest BCUT2D eigenvalue weighted by atomic mass is 9.85. The number of ether oxygens (including phenoxy) is 1. The van der Waals surface area contributed by atoms with Crippen LogP contribution in [0.15, 0.2) is 36.9 Å². The number of carbonyl (C=O) groups excluding carboxylic acids is 1. The van der Waals surface area contributed by atoms with Gasteiger partial charge in [0.05, 0.1) is 18.1 Å². The largest absolute Gasteiger partial charge is 0.491 e. The van der Waals surface area contributed by atoms with Gasteiger partial charge in [0.25, 0.3) is 0 Å². The van der Waals surface area contributed by atoms with Gasteiger partial charge < -0.3 is 15.0 Å². The molecule has 9 nitrogen and oxygen atoms in total. The molecule has 0 aliphatic carbocycles. The first-order valence-electron chi connectivity index (χ1n) is 9.81. The summed E-state index contributed by atoms with van der Waals surface area (Å²) in [5.74, 6) is 1.75. The molecule has 0 radical (unpaired) electrons. The number of benzene rings is 1. The average Bonchev–Trinajstić information content (AvgIpc) is 3.31. The predicted molar refractivity (Wildman–Crippen MR) is 111 cm³/mol. The van der Waals surface area contributed by atoms with Crippen molar-refractivity contribution in [3.8, 4) is 11.6 Å². The van der Waals surface area contributed by atoms with Crippen LogP contribution in [0.3, 0.4) is 0 Å². The highest BCUT2D eigenvalue weighted by molar-refractivity contribution is 5.95. The zero-order valence-electron chi connectivity index (χ0n) is 16.9. The van der Waals surface area contributed by atoms with Gasteiger partial charge in [0.15, 0.2) is 11.5 Å². The van der Waals surface area contributed by atoms with Crippen LogP contribution < -0.4 is 10.1 Å². The lowest BCUT2D eigenvalue weighted by Crippen LogP contribution is -2.25. The summed E-state index contributed by atoms with van der Waals surface area (Å²) in [6.07, 6.45) is 3.42. The van der Waals surface area contributed by atoms with Crippen molar-refractivity contribution in [3.05, 3.63) is 53.7 Å². The molecule has 0 fully saturated rings. The van der Waals surface area contributed by atoms with E-state index in [4.69, 9.17) is 9.84 Å². The third-order valence-corrected chi connectivity index (χ3v) is 5.14. The summed E-state index contributed by atoms with van der Waals surface area (Å²) >= 11 is 0. The van der Waals surface area contributed by atoms with Crippen LogP contribution in [0.4, 0.5) is 5.82 Å². The molecule has 2 N–H and O–H groups in total. The minimum atomic E-state index is -0.127. The molecule has 30 heavy (non-hydrogen) atoms. The lowest BCUT2D eigenvalue weighted by molar-refractivity contribution is -0.116. The van der Waals surface area contributed by atoms with E-state index in [-0.39, 0.29) is 17.9 Å². The van der Waals surface area contributed by atoms with E-state index in [2.05, 4.69) is 25.3 Å². The summed E-state index contributed by atoms with van der Waals surface area (Å²) in [6.45, 7) is 5.93. The Bertz CT molecular complexity index is 1260. The van der Waals surface area contributed by atoms with Gasteiger partial charge in [-0.15, -0.1) is 0 Å². The summed E-state index contributed by atoms with van der Waals surface area (Å²) in [7, 11) is 0. The van der Waals surface area contributed by atoms with Crippen LogP contribution in [0.1, 0.15) is 43.0 Å². The highest BCUT2D eigenvalue weighted by atomic mass is 16.5. The number of rotatable bonds is 4. The van der Waals surface area contributed by atoms with Crippen molar-refractivity contribution < 1.29 is 9.53 Å². The van der Waals surface area contributed by atoms with E-state index in [0.29, 0.717) is 29.2 Å². The van der Waals surface area contributed by atoms with Crippen molar-refractivity contribution in [1.82, 2.24) is 29.7 Å². The quantitative estimate of drug-likeness (QED) is 0.542. The monoisotopic (exact) mass is 403 g/mol. The third kappa shape index (κ3) is 2.99. The van der Waals surface area contributed by atoms with E-state index in [1.54, 1.807) is 11.0 Å². The van der Waals surface area contributed by atoms with Gasteiger partial charge in [-0.2, -0.15) is 9.78 Å². The maximum atomic E-state index is 12.6. The van der Waals surface area contributed by atoms with Crippen LogP contribution >= 0.6 is 0 Å². The second-order valence-corrected chi connectivity index (χ2v) is 7.60. The van der Waals surface area contributed by atoms with E-state index in [1.807, 2.05) is 45.0 Å². The van der Waals surface area contributed by atoms with Gasteiger partial charge in [0, 0.05) is 17.9 Å². The molecule has 9 heteroatoms. The van der Waals surface area contributed by atoms with Crippen LogP contribution in [-0.2, 0) is 4.79 Å². The van der Waals surface area contributed by atoms with E-state index in [9.17, 15) is 4.79 Å². The van der Waals surface area contributed by atoms with E-state index < -0.39 is 0 Å². The SMILES string of the molecule is Cc1nn(-c2ncnc3nc[nH]c23)c2c1C(c1cccc(OC(C)C)c1)CC(=O)N2. The van der Waals surface area contributed by atoms with Crippen molar-refractivity contribution >= 4 is 22.9 Å². The van der Waals surface area contributed by atoms with Crippen LogP contribution in [-0.4, -0.2) is 41.7 Å². The van der Waals surface area contributed by atoms with Crippen molar-refractivity contribution in [1.29, 1.82) is 0 Å². The summed E-state index contributed by atoms with van der Waals surface area (Å²) < 4.78 is 7.51. The number of aryl methyl sites for hydroxylation is 1. The smallest absolute Gasteiger partial charge is 0.226 e. The van der Waals surface area contributed by atoms with Crippen LogP contribution in [0.25, 0.3) is 17.0 Å². The summed E-state index contributed by atoms with van der Waals surface area (Å²) in [5, 5.41) is 7.69. The van der Waals surface area contributed by atoms with Crippen molar-refractivity contribution in [2.45, 2.75) is 39.2 Å². The molecule has 1 aliphatic rings. The number of anilines is 1. The number of nitrogens with zero attached hydrogens (tertiary/aromatic N) is 5. The number of carbonyl (C=O) groups is 1. The number of H-pyrrole nitrogens is 1. The molecule has 1 amide bonds. The Morgan fingerprint density at radius 1 is 1.23 bits per heavy atom. The van der Waals surface area contributed by atoms with Gasteiger partial charge in [-0.3, -0.25) is 4.79 Å². The fourth-order valence-electron chi connectivity index (χ4n) is 3.97. The molecule has 5 rings (SSSR count). The molecule has 3 aromatic heterocycles. The molecule has 0 saturated carbocycles. The predicted octanol–water partition coefficient (Wildman–Crippen LogP) is 3.11. The standard InChI is InChI=1S/C21H21N7O2/c1-11(2)30-14-6-4-5-13(7-14)15-8-16(29)26-20-17(15)12(3)27-28(20)21-18-19(23-9-22-18)24-10-25-21/h4-7,9-11,15H,8H2,1-3H3,(H,26,29)(H,22,23,24,25). The molecule has 4 heterocycles. The number of amides is 1. The minimum absolute atomic E-state index is 0.0706. The highest BCUT2D eigenvalue weighted by Gasteiger charge is 2.33. The maximum absolute atomic E-state index is 12.6. The van der Waals surface area contributed by atoms with Crippen molar-refractivity contribution in [3.63, 3.8) is 0 Å². The zero-order valence-corrected chi connectivity index (χ0v) is 16.9. The van der Waals surface area contributed by atoms with Gasteiger partial charge >= 0.3 is 0 Å². The number of aromatic nitrogens is 6. The molecule has 1 unspecified atom stereocenters. The van der Waals surface area contributed by atoms with Crippen molar-refractivity contribution in [2.75, 3.05) is 5.32 Å². The number of hydrogen-bond acceptors (Lipinski definition) is 6. The fraction of sp³-hybridized carbons (Fsp3) is 0.286. The Balaban J connectivity index is 1.65. The second-order valence-electron chi connectivity index (χ2n) is 7.60. The number of imidazole rings is 1. The number of hydrogen-bond donors (Lipinski definition) is 2. The van der Waals surface area contributed by atoms with E-state index >= 15 is 0 Å².